The van der Waals surface area contributed by atoms with Gasteiger partial charge in [0.25, 0.3) is 0 Å². The molecule has 0 amide bonds. The maximum atomic E-state index is 12.7. The number of pyridine rings is 1. The summed E-state index contributed by atoms with van der Waals surface area (Å²) in [5, 5.41) is 0.228. The van der Waals surface area contributed by atoms with Crippen molar-refractivity contribution in [3.05, 3.63) is 71.9 Å². The van der Waals surface area contributed by atoms with Crippen LogP contribution in [0.15, 0.2) is 71.8 Å². The van der Waals surface area contributed by atoms with Crippen molar-refractivity contribution in [3.63, 3.8) is 0 Å². The largest absolute Gasteiger partial charge is 0.466 e. The van der Waals surface area contributed by atoms with Gasteiger partial charge in [-0.1, -0.05) is 17.7 Å². The molecule has 0 radical (unpaired) electrons. The minimum atomic E-state index is -4.19. The summed E-state index contributed by atoms with van der Waals surface area (Å²) in [6.45, 7) is -0.121. The van der Waals surface area contributed by atoms with E-state index < -0.39 is 10.1 Å². The van der Waals surface area contributed by atoms with Crippen molar-refractivity contribution in [1.29, 1.82) is 0 Å². The van der Waals surface area contributed by atoms with Crippen LogP contribution in [0.4, 0.5) is 0 Å². The van der Waals surface area contributed by atoms with Crippen molar-refractivity contribution in [3.8, 4) is 23.1 Å². The Bertz CT molecular complexity index is 1030. The maximum absolute atomic E-state index is 12.7. The highest BCUT2D eigenvalue weighted by Gasteiger charge is 2.23. The Kier molecular flexibility index (Phi) is 6.35. The monoisotopic (exact) mass is 421 g/mol. The number of nitrogens with zero attached hydrogens (tertiary/aromatic N) is 1. The number of methoxy groups -OCH3 is 1. The molecule has 146 valence electrons. The van der Waals surface area contributed by atoms with Gasteiger partial charge in [0.2, 0.25) is 5.88 Å². The van der Waals surface area contributed by atoms with E-state index in [9.17, 15) is 8.42 Å². The summed E-state index contributed by atoms with van der Waals surface area (Å²) >= 11 is 5.93. The van der Waals surface area contributed by atoms with Crippen molar-refractivity contribution in [2.45, 2.75) is 4.90 Å². The third-order valence-corrected chi connectivity index (χ3v) is 4.90. The van der Waals surface area contributed by atoms with E-state index in [1.807, 2.05) is 0 Å². The molecule has 3 aromatic rings. The lowest BCUT2D eigenvalue weighted by molar-refractivity contribution is 0.0489. The molecule has 3 rings (SSSR count). The fourth-order valence-electron chi connectivity index (χ4n) is 2.18. The van der Waals surface area contributed by atoms with Crippen LogP contribution in [-0.2, 0) is 14.9 Å². The molecule has 28 heavy (non-hydrogen) atoms. The molecule has 0 spiro atoms. The topological polar surface area (TPSA) is 84.0 Å². The molecule has 1 heterocycles. The SMILES string of the molecule is COCOc1ccc(Cl)cc1S(=O)(=O)Oc1ccc(Oc2ccccn2)cc1. The third kappa shape index (κ3) is 5.13. The molecule has 0 atom stereocenters. The van der Waals surface area contributed by atoms with E-state index >= 15 is 0 Å². The Morgan fingerprint density at radius 2 is 1.75 bits per heavy atom. The Balaban J connectivity index is 1.78. The Morgan fingerprint density at radius 3 is 2.43 bits per heavy atom. The lowest BCUT2D eigenvalue weighted by Crippen LogP contribution is -2.12. The Labute approximate surface area is 167 Å². The highest BCUT2D eigenvalue weighted by molar-refractivity contribution is 7.87. The van der Waals surface area contributed by atoms with Crippen molar-refractivity contribution in [1.82, 2.24) is 4.98 Å². The van der Waals surface area contributed by atoms with E-state index in [1.54, 1.807) is 36.5 Å². The number of benzene rings is 2. The number of halogens is 1. The average Bonchev–Trinajstić information content (AvgIpc) is 2.69. The average molecular weight is 422 g/mol. The highest BCUT2D eigenvalue weighted by atomic mass is 35.5. The van der Waals surface area contributed by atoms with E-state index in [0.29, 0.717) is 11.6 Å². The standard InChI is InChI=1S/C19H16ClNO6S/c1-24-13-25-17-10-5-14(20)12-18(17)28(22,23)27-16-8-6-15(7-9-16)26-19-4-2-3-11-21-19/h2-12H,13H2,1H3. The summed E-state index contributed by atoms with van der Waals surface area (Å²) < 4.78 is 46.2. The first-order valence-electron chi connectivity index (χ1n) is 8.03. The zero-order valence-electron chi connectivity index (χ0n) is 14.7. The van der Waals surface area contributed by atoms with E-state index in [4.69, 9.17) is 30.0 Å². The van der Waals surface area contributed by atoms with E-state index in [1.165, 1.54) is 37.4 Å². The van der Waals surface area contributed by atoms with Crippen LogP contribution in [-0.4, -0.2) is 27.3 Å². The molecule has 1 aromatic heterocycles. The molecule has 0 aliphatic heterocycles. The third-order valence-electron chi connectivity index (χ3n) is 3.40. The van der Waals surface area contributed by atoms with Gasteiger partial charge >= 0.3 is 10.1 Å². The second-order valence-corrected chi connectivity index (χ2v) is 7.37. The van der Waals surface area contributed by atoms with Crippen molar-refractivity contribution in [2.24, 2.45) is 0 Å². The van der Waals surface area contributed by atoms with Crippen LogP contribution in [0.5, 0.6) is 23.1 Å². The van der Waals surface area contributed by atoms with Crippen molar-refractivity contribution < 1.29 is 26.8 Å². The summed E-state index contributed by atoms with van der Waals surface area (Å²) in [7, 11) is -2.76. The van der Waals surface area contributed by atoms with Crippen LogP contribution in [0.1, 0.15) is 0 Å². The van der Waals surface area contributed by atoms with E-state index in [0.717, 1.165) is 0 Å². The van der Waals surface area contributed by atoms with Crippen molar-refractivity contribution >= 4 is 21.7 Å². The molecular formula is C19H16ClNO6S. The fourth-order valence-corrected chi connectivity index (χ4v) is 3.52. The molecule has 0 saturated carbocycles. The summed E-state index contributed by atoms with van der Waals surface area (Å²) in [6.07, 6.45) is 1.60. The maximum Gasteiger partial charge on any atom is 0.342 e. The van der Waals surface area contributed by atoms with E-state index in [2.05, 4.69) is 4.98 Å². The van der Waals surface area contributed by atoms with Gasteiger partial charge in [-0.15, -0.1) is 0 Å². The van der Waals surface area contributed by atoms with Gasteiger partial charge in [-0.25, -0.2) is 4.98 Å². The molecule has 0 saturated heterocycles. The van der Waals surface area contributed by atoms with Gasteiger partial charge in [0.05, 0.1) is 0 Å². The van der Waals surface area contributed by atoms with Crippen LogP contribution in [0.3, 0.4) is 0 Å². The van der Waals surface area contributed by atoms with Crippen LogP contribution in [0.2, 0.25) is 5.02 Å². The summed E-state index contributed by atoms with van der Waals surface area (Å²) in [6, 6.07) is 15.5. The second kappa shape index (κ2) is 8.92. The predicted octanol–water partition coefficient (Wildman–Crippen LogP) is 4.28. The molecule has 7 nitrogen and oxygen atoms in total. The smallest absolute Gasteiger partial charge is 0.342 e. The number of hydrogen-bond acceptors (Lipinski definition) is 7. The molecule has 0 aliphatic carbocycles. The summed E-state index contributed by atoms with van der Waals surface area (Å²) in [4.78, 5) is 3.85. The molecule has 2 aromatic carbocycles. The van der Waals surface area contributed by atoms with Gasteiger partial charge in [0, 0.05) is 24.4 Å². The van der Waals surface area contributed by atoms with Crippen LogP contribution in [0.25, 0.3) is 0 Å². The zero-order valence-corrected chi connectivity index (χ0v) is 16.3. The predicted molar refractivity (Wildman–Crippen MR) is 103 cm³/mol. The first kappa shape index (κ1) is 19.9. The van der Waals surface area contributed by atoms with Gasteiger partial charge in [-0.3, -0.25) is 0 Å². The van der Waals surface area contributed by atoms with Gasteiger partial charge in [-0.2, -0.15) is 8.42 Å². The first-order chi connectivity index (χ1) is 13.5. The molecule has 0 fully saturated rings. The molecule has 0 N–H and O–H groups in total. The van der Waals surface area contributed by atoms with Gasteiger partial charge in [0.1, 0.15) is 22.1 Å². The quantitative estimate of drug-likeness (QED) is 0.396. The number of rotatable bonds is 8. The Morgan fingerprint density at radius 1 is 1.00 bits per heavy atom. The highest BCUT2D eigenvalue weighted by Crippen LogP contribution is 2.30. The number of hydrogen-bond donors (Lipinski definition) is 0. The minimum Gasteiger partial charge on any atom is -0.466 e. The van der Waals surface area contributed by atoms with Crippen LogP contribution in [0, 0.1) is 0 Å². The lowest BCUT2D eigenvalue weighted by Gasteiger charge is -2.13. The first-order valence-corrected chi connectivity index (χ1v) is 9.81. The van der Waals surface area contributed by atoms with Crippen LogP contribution < -0.4 is 13.7 Å². The molecular weight excluding hydrogens is 406 g/mol. The van der Waals surface area contributed by atoms with Gasteiger partial charge in [-0.05, 0) is 48.5 Å². The molecule has 0 aliphatic rings. The normalized spacial score (nSPS) is 11.1. The molecule has 9 heteroatoms. The van der Waals surface area contributed by atoms with Gasteiger partial charge in [0.15, 0.2) is 6.79 Å². The zero-order chi connectivity index (χ0) is 20.0. The van der Waals surface area contributed by atoms with Gasteiger partial charge < -0.3 is 18.4 Å². The minimum absolute atomic E-state index is 0.0707. The number of ether oxygens (including phenoxy) is 3. The molecule has 0 bridgehead atoms. The summed E-state index contributed by atoms with van der Waals surface area (Å²) in [5.74, 6) is 1.07. The fraction of sp³-hybridized carbons (Fsp3) is 0.105. The summed E-state index contributed by atoms with van der Waals surface area (Å²) in [5.41, 5.74) is 0. The number of aromatic nitrogens is 1. The van der Waals surface area contributed by atoms with E-state index in [-0.39, 0.29) is 28.2 Å². The van der Waals surface area contributed by atoms with Crippen LogP contribution >= 0.6 is 11.6 Å². The van der Waals surface area contributed by atoms with Crippen molar-refractivity contribution in [2.75, 3.05) is 13.9 Å². The lowest BCUT2D eigenvalue weighted by atomic mass is 10.3. The second-order valence-electron chi connectivity index (χ2n) is 5.42. The Hall–Kier alpha value is -2.81. The molecule has 0 unspecified atom stereocenters.